The van der Waals surface area contributed by atoms with Gasteiger partial charge < -0.3 is 15.5 Å². The van der Waals surface area contributed by atoms with E-state index in [1.165, 1.54) is 24.1 Å². The maximum atomic E-state index is 12.2. The number of nitrogens with one attached hydrogen (secondary N) is 2. The summed E-state index contributed by atoms with van der Waals surface area (Å²) in [7, 11) is 0. The monoisotopic (exact) mass is 337 g/mol. The lowest BCUT2D eigenvalue weighted by molar-refractivity contribution is -0.131. The summed E-state index contributed by atoms with van der Waals surface area (Å²) in [6.45, 7) is 3.71. The van der Waals surface area contributed by atoms with Gasteiger partial charge in [-0.15, -0.1) is 11.3 Å². The molecule has 2 N–H and O–H groups in total. The molecule has 2 rings (SSSR count). The minimum Gasteiger partial charge on any atom is -0.338 e. The number of hydrogen-bond acceptors (Lipinski definition) is 3. The van der Waals surface area contributed by atoms with Crippen molar-refractivity contribution < 1.29 is 9.59 Å². The zero-order valence-electron chi connectivity index (χ0n) is 13.8. The molecule has 1 aromatic heterocycles. The van der Waals surface area contributed by atoms with E-state index in [1.54, 1.807) is 11.3 Å². The molecule has 0 radical (unpaired) electrons. The third kappa shape index (κ3) is 6.22. The highest BCUT2D eigenvalue weighted by molar-refractivity contribution is 7.09. The summed E-state index contributed by atoms with van der Waals surface area (Å²) >= 11 is 1.66. The summed E-state index contributed by atoms with van der Waals surface area (Å²) in [6.07, 6.45) is 6.13. The lowest BCUT2D eigenvalue weighted by Crippen LogP contribution is -2.44. The predicted molar refractivity (Wildman–Crippen MR) is 93.4 cm³/mol. The number of nitrogens with zero attached hydrogens (tertiary/aromatic N) is 1. The molecule has 6 heteroatoms. The fraction of sp³-hybridized carbons (Fsp3) is 0.647. The van der Waals surface area contributed by atoms with Gasteiger partial charge in [-0.25, -0.2) is 4.79 Å². The van der Waals surface area contributed by atoms with Crippen LogP contribution in [-0.4, -0.2) is 36.0 Å². The molecule has 1 heterocycles. The van der Waals surface area contributed by atoms with E-state index in [-0.39, 0.29) is 11.9 Å². The summed E-state index contributed by atoms with van der Waals surface area (Å²) < 4.78 is 0. The molecule has 0 atom stereocenters. The maximum Gasteiger partial charge on any atom is 0.315 e. The molecule has 1 aliphatic rings. The summed E-state index contributed by atoms with van der Waals surface area (Å²) in [5.41, 5.74) is 0. The minimum atomic E-state index is -0.147. The van der Waals surface area contributed by atoms with Gasteiger partial charge in [-0.05, 0) is 31.2 Å². The first kappa shape index (κ1) is 17.8. The summed E-state index contributed by atoms with van der Waals surface area (Å²) in [4.78, 5) is 27.1. The molecule has 3 amide bonds. The topological polar surface area (TPSA) is 61.4 Å². The van der Waals surface area contributed by atoms with Gasteiger partial charge in [-0.2, -0.15) is 0 Å². The highest BCUT2D eigenvalue weighted by Gasteiger charge is 2.16. The van der Waals surface area contributed by atoms with Crippen LogP contribution < -0.4 is 10.6 Å². The zero-order chi connectivity index (χ0) is 16.5. The van der Waals surface area contributed by atoms with Crippen LogP contribution in [0.1, 0.15) is 50.3 Å². The normalized spacial score (nSPS) is 15.2. The van der Waals surface area contributed by atoms with Gasteiger partial charge in [0.25, 0.3) is 0 Å². The molecule has 1 fully saturated rings. The van der Waals surface area contributed by atoms with Crippen LogP contribution in [0.25, 0.3) is 0 Å². The number of urea groups is 1. The van der Waals surface area contributed by atoms with Crippen molar-refractivity contribution in [3.8, 4) is 0 Å². The third-order valence-electron chi connectivity index (χ3n) is 4.23. The Morgan fingerprint density at radius 1 is 1.30 bits per heavy atom. The minimum absolute atomic E-state index is 0.0823. The van der Waals surface area contributed by atoms with Crippen LogP contribution in [-0.2, 0) is 11.3 Å². The number of amides is 3. The van der Waals surface area contributed by atoms with Gasteiger partial charge >= 0.3 is 6.03 Å². The Hall–Kier alpha value is -1.56. The van der Waals surface area contributed by atoms with E-state index in [9.17, 15) is 9.59 Å². The van der Waals surface area contributed by atoms with Crippen molar-refractivity contribution in [2.45, 2.75) is 58.0 Å². The Balaban J connectivity index is 1.65. The highest BCUT2D eigenvalue weighted by Crippen LogP contribution is 2.17. The molecule has 1 aromatic rings. The van der Waals surface area contributed by atoms with Gasteiger partial charge in [0.1, 0.15) is 0 Å². The third-order valence-corrected chi connectivity index (χ3v) is 5.09. The second-order valence-electron chi connectivity index (χ2n) is 5.97. The molecule has 23 heavy (non-hydrogen) atoms. The van der Waals surface area contributed by atoms with Crippen molar-refractivity contribution in [3.63, 3.8) is 0 Å². The predicted octanol–water partition coefficient (Wildman–Crippen LogP) is 3.12. The van der Waals surface area contributed by atoms with E-state index in [2.05, 4.69) is 10.6 Å². The molecular formula is C17H27N3O2S. The van der Waals surface area contributed by atoms with E-state index in [4.69, 9.17) is 0 Å². The average Bonchev–Trinajstić information content (AvgIpc) is 3.06. The Kier molecular flexibility index (Phi) is 7.39. The van der Waals surface area contributed by atoms with Gasteiger partial charge in [0, 0.05) is 30.4 Å². The van der Waals surface area contributed by atoms with Crippen LogP contribution in [0.15, 0.2) is 17.5 Å². The van der Waals surface area contributed by atoms with E-state index in [0.717, 1.165) is 12.8 Å². The Morgan fingerprint density at radius 3 is 2.74 bits per heavy atom. The number of carbonyl (C=O) groups excluding carboxylic acids is 2. The fourth-order valence-electron chi connectivity index (χ4n) is 2.89. The van der Waals surface area contributed by atoms with E-state index in [1.807, 2.05) is 29.3 Å². The smallest absolute Gasteiger partial charge is 0.315 e. The quantitative estimate of drug-likeness (QED) is 0.803. The van der Waals surface area contributed by atoms with Crippen LogP contribution in [0.4, 0.5) is 4.79 Å². The lowest BCUT2D eigenvalue weighted by atomic mass is 9.96. The first-order valence-electron chi connectivity index (χ1n) is 8.53. The van der Waals surface area contributed by atoms with Crippen LogP contribution in [0.2, 0.25) is 0 Å². The van der Waals surface area contributed by atoms with Gasteiger partial charge in [0.2, 0.25) is 5.91 Å². The van der Waals surface area contributed by atoms with Crippen LogP contribution >= 0.6 is 11.3 Å². The molecule has 1 saturated carbocycles. The number of thiophene rings is 1. The van der Waals surface area contributed by atoms with Crippen molar-refractivity contribution in [2.24, 2.45) is 0 Å². The number of hydrogen-bond donors (Lipinski definition) is 2. The zero-order valence-corrected chi connectivity index (χ0v) is 14.7. The van der Waals surface area contributed by atoms with Crippen LogP contribution in [0.5, 0.6) is 0 Å². The molecule has 1 aliphatic carbocycles. The Bertz CT molecular complexity index is 484. The molecule has 0 bridgehead atoms. The van der Waals surface area contributed by atoms with Crippen molar-refractivity contribution >= 4 is 23.3 Å². The molecule has 0 aliphatic heterocycles. The molecule has 5 nitrogen and oxygen atoms in total. The first-order valence-corrected chi connectivity index (χ1v) is 9.41. The van der Waals surface area contributed by atoms with Crippen LogP contribution in [0, 0.1) is 0 Å². The van der Waals surface area contributed by atoms with Crippen molar-refractivity contribution in [3.05, 3.63) is 22.4 Å². The van der Waals surface area contributed by atoms with Crippen LogP contribution in [0.3, 0.4) is 0 Å². The van der Waals surface area contributed by atoms with Crippen molar-refractivity contribution in [1.82, 2.24) is 15.5 Å². The highest BCUT2D eigenvalue weighted by atomic mass is 32.1. The second kappa shape index (κ2) is 9.55. The maximum absolute atomic E-state index is 12.2. The van der Waals surface area contributed by atoms with Gasteiger partial charge in [-0.3, -0.25) is 4.79 Å². The molecule has 0 saturated heterocycles. The largest absolute Gasteiger partial charge is 0.338 e. The van der Waals surface area contributed by atoms with Gasteiger partial charge in [0.05, 0.1) is 6.54 Å². The molecule has 0 aromatic carbocycles. The van der Waals surface area contributed by atoms with E-state index < -0.39 is 0 Å². The SMILES string of the molecule is CCN(Cc1cccs1)C(=O)CCNC(=O)NC1CCCCC1. The Labute approximate surface area is 142 Å². The van der Waals surface area contributed by atoms with Gasteiger partial charge in [0.15, 0.2) is 0 Å². The standard InChI is InChI=1S/C17H27N3O2S/c1-2-20(13-15-9-6-12-23-15)16(21)10-11-18-17(22)19-14-7-4-3-5-8-14/h6,9,12,14H,2-5,7-8,10-11,13H2,1H3,(H2,18,19,22). The van der Waals surface area contributed by atoms with E-state index in [0.29, 0.717) is 32.1 Å². The summed E-state index contributed by atoms with van der Waals surface area (Å²) in [5, 5.41) is 7.82. The number of rotatable bonds is 7. The summed E-state index contributed by atoms with van der Waals surface area (Å²) in [5.74, 6) is 0.0823. The molecule has 0 spiro atoms. The summed E-state index contributed by atoms with van der Waals surface area (Å²) in [6, 6.07) is 4.18. The average molecular weight is 337 g/mol. The molecule has 0 unspecified atom stereocenters. The second-order valence-corrected chi connectivity index (χ2v) is 7.00. The van der Waals surface area contributed by atoms with E-state index >= 15 is 0 Å². The Morgan fingerprint density at radius 2 is 2.09 bits per heavy atom. The van der Waals surface area contributed by atoms with Gasteiger partial charge in [-0.1, -0.05) is 25.3 Å². The van der Waals surface area contributed by atoms with Crippen molar-refractivity contribution in [2.75, 3.05) is 13.1 Å². The number of carbonyl (C=O) groups is 2. The van der Waals surface area contributed by atoms with Crippen molar-refractivity contribution in [1.29, 1.82) is 0 Å². The first-order chi connectivity index (χ1) is 11.2. The lowest BCUT2D eigenvalue weighted by Gasteiger charge is -2.23. The molecule has 128 valence electrons. The fourth-order valence-corrected chi connectivity index (χ4v) is 3.61. The molecular weight excluding hydrogens is 310 g/mol.